The molecule has 4 heteroatoms. The second-order valence-electron chi connectivity index (χ2n) is 3.59. The number of hydrogen-bond acceptors (Lipinski definition) is 4. The van der Waals surface area contributed by atoms with E-state index in [9.17, 15) is 15.0 Å². The van der Waals surface area contributed by atoms with Crippen molar-refractivity contribution < 1.29 is 15.0 Å². The van der Waals surface area contributed by atoms with Crippen molar-refractivity contribution in [1.82, 2.24) is 0 Å². The minimum Gasteiger partial charge on any atom is -0.504 e. The molecule has 2 aromatic rings. The molecule has 0 aromatic heterocycles. The Labute approximate surface area is 97.9 Å². The number of anilines is 1. The van der Waals surface area contributed by atoms with Crippen molar-refractivity contribution in [2.24, 2.45) is 0 Å². The number of carbonyl (C=O) groups excluding carboxylic acids is 1. The summed E-state index contributed by atoms with van der Waals surface area (Å²) in [5.41, 5.74) is 6.13. The second kappa shape index (κ2) is 4.17. The van der Waals surface area contributed by atoms with Crippen molar-refractivity contribution in [1.29, 1.82) is 0 Å². The van der Waals surface area contributed by atoms with Crippen LogP contribution in [0.3, 0.4) is 0 Å². The van der Waals surface area contributed by atoms with Crippen molar-refractivity contribution in [2.75, 3.05) is 5.73 Å². The van der Waals surface area contributed by atoms with Gasteiger partial charge >= 0.3 is 0 Å². The Morgan fingerprint density at radius 2 is 1.65 bits per heavy atom. The number of benzene rings is 2. The molecule has 0 saturated carbocycles. The monoisotopic (exact) mass is 229 g/mol. The van der Waals surface area contributed by atoms with Crippen molar-refractivity contribution in [3.8, 4) is 11.5 Å². The predicted octanol–water partition coefficient (Wildman–Crippen LogP) is 1.91. The quantitative estimate of drug-likeness (QED) is 0.417. The Bertz CT molecular complexity index is 564. The summed E-state index contributed by atoms with van der Waals surface area (Å²) < 4.78 is 0. The highest BCUT2D eigenvalue weighted by Gasteiger charge is 2.16. The molecule has 0 radical (unpaired) electrons. The molecule has 0 aliphatic carbocycles. The fraction of sp³-hybridized carbons (Fsp3) is 0. The molecule has 0 atom stereocenters. The summed E-state index contributed by atoms with van der Waals surface area (Å²) in [6.45, 7) is 0. The fourth-order valence-corrected chi connectivity index (χ4v) is 1.54. The first-order valence-corrected chi connectivity index (χ1v) is 5.01. The molecule has 0 bridgehead atoms. The SMILES string of the molecule is Nc1c(C(=O)c2ccccc2)ccc(O)c1O. The third-order valence-corrected chi connectivity index (χ3v) is 2.48. The number of aromatic hydroxyl groups is 2. The molecule has 4 nitrogen and oxygen atoms in total. The number of phenols is 2. The standard InChI is InChI=1S/C13H11NO3/c14-11-9(6-7-10(15)13(11)17)12(16)8-4-2-1-3-5-8/h1-7,15,17H,14H2. The number of hydrogen-bond donors (Lipinski definition) is 3. The van der Waals surface area contributed by atoms with Crippen LogP contribution in [-0.4, -0.2) is 16.0 Å². The number of ketones is 1. The average molecular weight is 229 g/mol. The highest BCUT2D eigenvalue weighted by Crippen LogP contribution is 2.34. The summed E-state index contributed by atoms with van der Waals surface area (Å²) in [4.78, 5) is 12.1. The summed E-state index contributed by atoms with van der Waals surface area (Å²) in [7, 11) is 0. The van der Waals surface area contributed by atoms with Crippen LogP contribution in [0.25, 0.3) is 0 Å². The normalized spacial score (nSPS) is 10.1. The maximum atomic E-state index is 12.1. The number of nitrogens with two attached hydrogens (primary N) is 1. The third kappa shape index (κ3) is 1.92. The van der Waals surface area contributed by atoms with Crippen molar-refractivity contribution in [2.45, 2.75) is 0 Å². The van der Waals surface area contributed by atoms with Gasteiger partial charge in [0.15, 0.2) is 17.3 Å². The molecule has 0 aliphatic rings. The fourth-order valence-electron chi connectivity index (χ4n) is 1.54. The highest BCUT2D eigenvalue weighted by molar-refractivity contribution is 6.12. The predicted molar refractivity (Wildman–Crippen MR) is 64.1 cm³/mol. The zero-order chi connectivity index (χ0) is 12.4. The summed E-state index contributed by atoms with van der Waals surface area (Å²) in [5.74, 6) is -1.10. The molecule has 2 aromatic carbocycles. The van der Waals surface area contributed by atoms with Gasteiger partial charge < -0.3 is 15.9 Å². The Hall–Kier alpha value is -2.49. The summed E-state index contributed by atoms with van der Waals surface area (Å²) in [5, 5.41) is 18.7. The number of nitrogen functional groups attached to an aromatic ring is 1. The molecule has 0 saturated heterocycles. The van der Waals surface area contributed by atoms with Crippen LogP contribution in [0, 0.1) is 0 Å². The van der Waals surface area contributed by atoms with E-state index < -0.39 is 5.75 Å². The summed E-state index contributed by atoms with van der Waals surface area (Å²) in [6.07, 6.45) is 0. The zero-order valence-corrected chi connectivity index (χ0v) is 8.92. The minimum atomic E-state index is -0.466. The molecule has 0 unspecified atom stereocenters. The van der Waals surface area contributed by atoms with Crippen LogP contribution < -0.4 is 5.73 Å². The van der Waals surface area contributed by atoms with E-state index in [0.717, 1.165) is 0 Å². The molecule has 86 valence electrons. The van der Waals surface area contributed by atoms with E-state index in [-0.39, 0.29) is 22.8 Å². The maximum absolute atomic E-state index is 12.1. The van der Waals surface area contributed by atoms with Crippen LogP contribution in [-0.2, 0) is 0 Å². The van der Waals surface area contributed by atoms with Crippen molar-refractivity contribution >= 4 is 11.5 Å². The van der Waals surface area contributed by atoms with E-state index in [1.165, 1.54) is 12.1 Å². The highest BCUT2D eigenvalue weighted by atomic mass is 16.3. The van der Waals surface area contributed by atoms with Gasteiger partial charge in [0.25, 0.3) is 0 Å². The first-order valence-electron chi connectivity index (χ1n) is 5.01. The minimum absolute atomic E-state index is 0.112. The van der Waals surface area contributed by atoms with Crippen molar-refractivity contribution in [3.05, 3.63) is 53.6 Å². The van der Waals surface area contributed by atoms with Crippen LogP contribution in [0.4, 0.5) is 5.69 Å². The lowest BCUT2D eigenvalue weighted by molar-refractivity contribution is 0.103. The molecule has 0 spiro atoms. The molecular weight excluding hydrogens is 218 g/mol. The first kappa shape index (κ1) is 11.0. The van der Waals surface area contributed by atoms with Gasteiger partial charge in [0.2, 0.25) is 0 Å². The zero-order valence-electron chi connectivity index (χ0n) is 8.92. The number of phenolic OH excluding ortho intramolecular Hbond substituents is 2. The molecule has 0 amide bonds. The van der Waals surface area contributed by atoms with Crippen molar-refractivity contribution in [3.63, 3.8) is 0 Å². The van der Waals surface area contributed by atoms with E-state index in [1.807, 2.05) is 0 Å². The van der Waals surface area contributed by atoms with Gasteiger partial charge in [-0.25, -0.2) is 0 Å². The largest absolute Gasteiger partial charge is 0.504 e. The Balaban J connectivity index is 2.49. The molecule has 0 aliphatic heterocycles. The van der Waals surface area contributed by atoms with Gasteiger partial charge in [-0.15, -0.1) is 0 Å². The maximum Gasteiger partial charge on any atom is 0.195 e. The van der Waals surface area contributed by atoms with Gasteiger partial charge in [-0.1, -0.05) is 30.3 Å². The molecule has 17 heavy (non-hydrogen) atoms. The van der Waals surface area contributed by atoms with Crippen LogP contribution in [0.15, 0.2) is 42.5 Å². The van der Waals surface area contributed by atoms with Gasteiger partial charge in [-0.2, -0.15) is 0 Å². The molecule has 4 N–H and O–H groups in total. The van der Waals surface area contributed by atoms with Crippen LogP contribution in [0.5, 0.6) is 11.5 Å². The van der Waals surface area contributed by atoms with Crippen LogP contribution >= 0.6 is 0 Å². The Kier molecular flexibility index (Phi) is 2.70. The van der Waals surface area contributed by atoms with E-state index in [1.54, 1.807) is 30.3 Å². The molecular formula is C13H11NO3. The lowest BCUT2D eigenvalue weighted by Gasteiger charge is -2.07. The summed E-state index contributed by atoms with van der Waals surface area (Å²) >= 11 is 0. The molecule has 0 fully saturated rings. The topological polar surface area (TPSA) is 83.6 Å². The van der Waals surface area contributed by atoms with E-state index in [4.69, 9.17) is 5.73 Å². The smallest absolute Gasteiger partial charge is 0.195 e. The van der Waals surface area contributed by atoms with Gasteiger partial charge in [-0.05, 0) is 12.1 Å². The first-order chi connectivity index (χ1) is 8.11. The molecule has 0 heterocycles. The van der Waals surface area contributed by atoms with E-state index in [0.29, 0.717) is 5.56 Å². The lowest BCUT2D eigenvalue weighted by atomic mass is 10.0. The Morgan fingerprint density at radius 1 is 1.00 bits per heavy atom. The van der Waals surface area contributed by atoms with E-state index in [2.05, 4.69) is 0 Å². The number of carbonyl (C=O) groups is 1. The summed E-state index contributed by atoms with van der Waals surface area (Å²) in [6, 6.07) is 11.2. The lowest BCUT2D eigenvalue weighted by Crippen LogP contribution is -2.05. The van der Waals surface area contributed by atoms with Gasteiger partial charge in [0.05, 0.1) is 5.69 Å². The Morgan fingerprint density at radius 3 is 2.29 bits per heavy atom. The van der Waals surface area contributed by atoms with Gasteiger partial charge in [0.1, 0.15) is 0 Å². The van der Waals surface area contributed by atoms with Gasteiger partial charge in [0, 0.05) is 11.1 Å². The van der Waals surface area contributed by atoms with Gasteiger partial charge in [-0.3, -0.25) is 4.79 Å². The third-order valence-electron chi connectivity index (χ3n) is 2.48. The number of rotatable bonds is 2. The van der Waals surface area contributed by atoms with Crippen LogP contribution in [0.2, 0.25) is 0 Å². The second-order valence-corrected chi connectivity index (χ2v) is 3.59. The van der Waals surface area contributed by atoms with Crippen LogP contribution in [0.1, 0.15) is 15.9 Å². The van der Waals surface area contributed by atoms with E-state index >= 15 is 0 Å². The molecule has 2 rings (SSSR count). The average Bonchev–Trinajstić information content (AvgIpc) is 2.36.